The van der Waals surface area contributed by atoms with E-state index in [0.717, 1.165) is 24.2 Å². The number of halogens is 1. The van der Waals surface area contributed by atoms with Gasteiger partial charge in [0.15, 0.2) is 5.15 Å². The van der Waals surface area contributed by atoms with Crippen molar-refractivity contribution < 1.29 is 33.1 Å². The van der Waals surface area contributed by atoms with Gasteiger partial charge >= 0.3 is 0 Å². The largest absolute Gasteiger partial charge is 0.390 e. The fraction of sp³-hybridized carbons (Fsp3) is 0.500. The van der Waals surface area contributed by atoms with Crippen molar-refractivity contribution in [2.45, 2.75) is 64.5 Å². The van der Waals surface area contributed by atoms with Crippen LogP contribution in [0.4, 0.5) is 0 Å². The number of hydrogen-bond acceptors (Lipinski definition) is 8. The zero-order chi connectivity index (χ0) is 28.5. The fourth-order valence-corrected chi connectivity index (χ4v) is 4.99. The van der Waals surface area contributed by atoms with Crippen LogP contribution in [0.5, 0.6) is 0 Å². The van der Waals surface area contributed by atoms with E-state index < -0.39 is 40.2 Å². The summed E-state index contributed by atoms with van der Waals surface area (Å²) in [5.74, 6) is -3.32. The molecule has 3 amide bonds. The Morgan fingerprint density at radius 3 is 2.34 bits per heavy atom. The molecule has 1 aromatic heterocycles. The molecule has 0 aliphatic rings. The van der Waals surface area contributed by atoms with Gasteiger partial charge in [0.25, 0.3) is 21.8 Å². The lowest BCUT2D eigenvalue weighted by molar-refractivity contribution is -0.142. The SMILES string of the molecule is CCCCc1nc(Cl)c(CO)n1Cc1ccc(S(=O)(=O)NC(=O)CNC(=O)C(CC(C)C)C(=O)NO)cc1. The Bertz CT molecular complexity index is 1230. The Balaban J connectivity index is 2.06. The predicted molar refractivity (Wildman–Crippen MR) is 139 cm³/mol. The maximum atomic E-state index is 12.7. The standard InChI is InChI=1S/C24H34ClN5O7S/c1-4-5-6-20-27-22(25)19(14-31)30(20)13-16-7-9-17(10-8-16)38(36,37)29-21(32)12-26-23(33)18(11-15(2)3)24(34)28-35/h7-10,15,18,31,35H,4-6,11-14H2,1-3H3,(H,26,33)(H,28,34)(H,29,32). The van der Waals surface area contributed by atoms with Gasteiger partial charge in [0.2, 0.25) is 5.91 Å². The van der Waals surface area contributed by atoms with Crippen LogP contribution in [0.25, 0.3) is 0 Å². The third-order valence-corrected chi connectivity index (χ3v) is 7.39. The summed E-state index contributed by atoms with van der Waals surface area (Å²) in [4.78, 5) is 40.4. The molecule has 0 aliphatic heterocycles. The number of carbonyl (C=O) groups excluding carboxylic acids is 3. The summed E-state index contributed by atoms with van der Waals surface area (Å²) in [6.45, 7) is 4.93. The topological polar surface area (TPSA) is 180 Å². The normalized spacial score (nSPS) is 12.3. The minimum Gasteiger partial charge on any atom is -0.390 e. The summed E-state index contributed by atoms with van der Waals surface area (Å²) >= 11 is 6.17. The molecule has 0 fully saturated rings. The Morgan fingerprint density at radius 1 is 1.13 bits per heavy atom. The number of aryl methyl sites for hydroxylation is 1. The average molecular weight is 572 g/mol. The van der Waals surface area contributed by atoms with E-state index in [1.54, 1.807) is 30.5 Å². The lowest BCUT2D eigenvalue weighted by atomic mass is 9.95. The number of amides is 3. The lowest BCUT2D eigenvalue weighted by Gasteiger charge is -2.16. The van der Waals surface area contributed by atoms with Crippen molar-refractivity contribution in [2.24, 2.45) is 11.8 Å². The molecular weight excluding hydrogens is 538 g/mol. The van der Waals surface area contributed by atoms with E-state index in [9.17, 15) is 27.9 Å². The van der Waals surface area contributed by atoms with Crippen LogP contribution in [0.3, 0.4) is 0 Å². The summed E-state index contributed by atoms with van der Waals surface area (Å²) < 4.78 is 29.0. The molecule has 0 bridgehead atoms. The first-order chi connectivity index (χ1) is 17.9. The number of aliphatic hydroxyl groups is 1. The van der Waals surface area contributed by atoms with Crippen LogP contribution in [0.1, 0.15) is 57.1 Å². The van der Waals surface area contributed by atoms with Gasteiger partial charge in [-0.15, -0.1) is 0 Å². The molecule has 1 unspecified atom stereocenters. The number of aromatic nitrogens is 2. The molecule has 0 radical (unpaired) electrons. The summed E-state index contributed by atoms with van der Waals surface area (Å²) in [5.41, 5.74) is 2.61. The van der Waals surface area contributed by atoms with Gasteiger partial charge in [0, 0.05) is 13.0 Å². The third-order valence-electron chi connectivity index (χ3n) is 5.70. The zero-order valence-corrected chi connectivity index (χ0v) is 23.1. The van der Waals surface area contributed by atoms with Gasteiger partial charge in [-0.25, -0.2) is 23.6 Å². The number of rotatable bonds is 14. The van der Waals surface area contributed by atoms with Crippen molar-refractivity contribution in [3.63, 3.8) is 0 Å². The Morgan fingerprint density at radius 2 is 1.79 bits per heavy atom. The first-order valence-corrected chi connectivity index (χ1v) is 14.0. The van der Waals surface area contributed by atoms with Crippen molar-refractivity contribution in [1.29, 1.82) is 0 Å². The zero-order valence-electron chi connectivity index (χ0n) is 21.5. The highest BCUT2D eigenvalue weighted by Gasteiger charge is 2.28. The van der Waals surface area contributed by atoms with Gasteiger partial charge in [-0.05, 0) is 36.5 Å². The van der Waals surface area contributed by atoms with Gasteiger partial charge in [-0.1, -0.05) is 50.9 Å². The molecule has 0 saturated carbocycles. The second-order valence-electron chi connectivity index (χ2n) is 9.16. The Labute approximate surface area is 226 Å². The van der Waals surface area contributed by atoms with Crippen LogP contribution >= 0.6 is 11.6 Å². The molecule has 1 heterocycles. The number of unbranched alkanes of at least 4 members (excludes halogenated alkanes) is 1. The molecule has 1 atom stereocenters. The van der Waals surface area contributed by atoms with Crippen molar-refractivity contribution in [2.75, 3.05) is 6.54 Å². The number of hydrogen-bond donors (Lipinski definition) is 5. The first-order valence-electron chi connectivity index (χ1n) is 12.1. The Hall–Kier alpha value is -3.00. The molecule has 5 N–H and O–H groups in total. The number of benzene rings is 1. The minimum absolute atomic E-state index is 0.0517. The minimum atomic E-state index is -4.24. The van der Waals surface area contributed by atoms with E-state index in [4.69, 9.17) is 16.8 Å². The van der Waals surface area contributed by atoms with E-state index in [-0.39, 0.29) is 29.0 Å². The summed E-state index contributed by atoms with van der Waals surface area (Å²) in [5, 5.41) is 21.0. The first kappa shape index (κ1) is 31.2. The molecule has 1 aromatic carbocycles. The molecule has 12 nitrogen and oxygen atoms in total. The lowest BCUT2D eigenvalue weighted by Crippen LogP contribution is -2.45. The van der Waals surface area contributed by atoms with E-state index in [2.05, 4.69) is 10.3 Å². The number of carbonyl (C=O) groups is 3. The molecule has 38 heavy (non-hydrogen) atoms. The maximum Gasteiger partial charge on any atom is 0.264 e. The molecular formula is C24H34ClN5O7S. The van der Waals surface area contributed by atoms with Gasteiger partial charge in [-0.3, -0.25) is 19.6 Å². The van der Waals surface area contributed by atoms with Crippen molar-refractivity contribution in [3.8, 4) is 0 Å². The highest BCUT2D eigenvalue weighted by Crippen LogP contribution is 2.21. The van der Waals surface area contributed by atoms with Crippen molar-refractivity contribution >= 4 is 39.3 Å². The van der Waals surface area contributed by atoms with E-state index in [0.29, 0.717) is 18.7 Å². The molecule has 14 heteroatoms. The van der Waals surface area contributed by atoms with Crippen LogP contribution in [0, 0.1) is 11.8 Å². The van der Waals surface area contributed by atoms with E-state index in [1.165, 1.54) is 17.6 Å². The number of hydroxylamine groups is 1. The summed E-state index contributed by atoms with van der Waals surface area (Å²) in [6, 6.07) is 5.81. The van der Waals surface area contributed by atoms with Crippen LogP contribution in [-0.2, 0) is 44.0 Å². The highest BCUT2D eigenvalue weighted by atomic mass is 35.5. The third kappa shape index (κ3) is 8.51. The second-order valence-corrected chi connectivity index (χ2v) is 11.2. The van der Waals surface area contributed by atoms with Crippen LogP contribution < -0.4 is 15.5 Å². The number of imidazole rings is 1. The van der Waals surface area contributed by atoms with Gasteiger partial charge in [0.05, 0.1) is 23.7 Å². The number of aliphatic hydroxyl groups excluding tert-OH is 1. The molecule has 210 valence electrons. The van der Waals surface area contributed by atoms with Crippen LogP contribution in [0.2, 0.25) is 5.15 Å². The van der Waals surface area contributed by atoms with Crippen LogP contribution in [-0.4, -0.2) is 52.5 Å². The molecule has 2 rings (SSSR count). The molecule has 0 spiro atoms. The number of nitrogens with zero attached hydrogens (tertiary/aromatic N) is 2. The summed E-state index contributed by atoms with van der Waals surface area (Å²) in [6.07, 6.45) is 2.64. The summed E-state index contributed by atoms with van der Waals surface area (Å²) in [7, 11) is -4.24. The monoisotopic (exact) mass is 571 g/mol. The van der Waals surface area contributed by atoms with E-state index >= 15 is 0 Å². The molecule has 2 aromatic rings. The Kier molecular flexibility index (Phi) is 11.7. The smallest absolute Gasteiger partial charge is 0.264 e. The number of sulfonamides is 1. The highest BCUT2D eigenvalue weighted by molar-refractivity contribution is 7.90. The fourth-order valence-electron chi connectivity index (χ4n) is 3.74. The van der Waals surface area contributed by atoms with Crippen LogP contribution in [0.15, 0.2) is 29.2 Å². The van der Waals surface area contributed by atoms with Gasteiger partial charge in [0.1, 0.15) is 11.7 Å². The molecule has 0 saturated heterocycles. The average Bonchev–Trinajstić information content (AvgIpc) is 3.17. The molecule has 0 aliphatic carbocycles. The maximum absolute atomic E-state index is 12.7. The van der Waals surface area contributed by atoms with Crippen molar-refractivity contribution in [1.82, 2.24) is 25.1 Å². The quantitative estimate of drug-likeness (QED) is 0.128. The van der Waals surface area contributed by atoms with Gasteiger partial charge in [-0.2, -0.15) is 0 Å². The predicted octanol–water partition coefficient (Wildman–Crippen LogP) is 1.51. The van der Waals surface area contributed by atoms with E-state index in [1.807, 2.05) is 11.6 Å². The van der Waals surface area contributed by atoms with Gasteiger partial charge < -0.3 is 15.0 Å². The van der Waals surface area contributed by atoms with Crippen molar-refractivity contribution in [3.05, 3.63) is 46.5 Å². The number of nitrogens with one attached hydrogen (secondary N) is 3. The second kappa shape index (κ2) is 14.2.